The second-order valence-corrected chi connectivity index (χ2v) is 4.82. The second-order valence-electron chi connectivity index (χ2n) is 3.96. The van der Waals surface area contributed by atoms with Crippen LogP contribution in [0.25, 0.3) is 10.6 Å². The highest BCUT2D eigenvalue weighted by Gasteiger charge is 2.14. The third-order valence-electron chi connectivity index (χ3n) is 2.51. The van der Waals surface area contributed by atoms with Gasteiger partial charge in [0.15, 0.2) is 11.5 Å². The van der Waals surface area contributed by atoms with Crippen molar-refractivity contribution in [3.63, 3.8) is 0 Å². The molecule has 1 N–H and O–H groups in total. The molecule has 0 amide bonds. The number of thiazole rings is 1. The zero-order chi connectivity index (χ0) is 15.4. The molecule has 0 saturated heterocycles. The normalized spacial score (nSPS) is 10.7. The molecule has 0 aliphatic heterocycles. The predicted octanol–water partition coefficient (Wildman–Crippen LogP) is 3.05. The fourth-order valence-electron chi connectivity index (χ4n) is 1.67. The Kier molecular flexibility index (Phi) is 4.69. The quantitative estimate of drug-likeness (QED) is 0.887. The van der Waals surface area contributed by atoms with Gasteiger partial charge in [-0.25, -0.2) is 4.98 Å². The molecule has 1 aromatic heterocycles. The molecular weight excluding hydrogens is 304 g/mol. The highest BCUT2D eigenvalue weighted by Crippen LogP contribution is 2.34. The van der Waals surface area contributed by atoms with E-state index >= 15 is 0 Å². The fourth-order valence-corrected chi connectivity index (χ4v) is 2.49. The largest absolute Gasteiger partial charge is 0.493 e. The average Bonchev–Trinajstić information content (AvgIpc) is 2.85. The number of ether oxygens (including phenoxy) is 2. The highest BCUT2D eigenvalue weighted by atomic mass is 32.1. The van der Waals surface area contributed by atoms with Gasteiger partial charge in [0.2, 0.25) is 0 Å². The monoisotopic (exact) mass is 315 g/mol. The Morgan fingerprint density at radius 3 is 2.81 bits per heavy atom. The molecule has 0 spiro atoms. The summed E-state index contributed by atoms with van der Waals surface area (Å²) < 4.78 is 34.1. The topological polar surface area (TPSA) is 68.7 Å². The van der Waals surface area contributed by atoms with Gasteiger partial charge in [-0.2, -0.15) is 8.78 Å². The van der Waals surface area contributed by atoms with Crippen molar-refractivity contribution in [3.05, 3.63) is 29.3 Å². The summed E-state index contributed by atoms with van der Waals surface area (Å²) in [5, 5.41) is 10.8. The number of aromatic nitrogens is 1. The van der Waals surface area contributed by atoms with E-state index in [2.05, 4.69) is 9.72 Å². The van der Waals surface area contributed by atoms with Crippen molar-refractivity contribution < 1.29 is 28.2 Å². The van der Waals surface area contributed by atoms with Gasteiger partial charge in [-0.1, -0.05) is 0 Å². The number of carboxylic acids is 1. The lowest BCUT2D eigenvalue weighted by atomic mass is 10.2. The third kappa shape index (κ3) is 3.88. The number of halogens is 2. The first-order valence-corrected chi connectivity index (χ1v) is 6.67. The van der Waals surface area contributed by atoms with Crippen molar-refractivity contribution >= 4 is 17.3 Å². The van der Waals surface area contributed by atoms with Crippen molar-refractivity contribution in [1.29, 1.82) is 0 Å². The van der Waals surface area contributed by atoms with E-state index in [1.54, 1.807) is 11.4 Å². The van der Waals surface area contributed by atoms with E-state index in [1.165, 1.54) is 30.6 Å². The molecule has 0 aliphatic rings. The number of methoxy groups -OCH3 is 1. The van der Waals surface area contributed by atoms with Crippen LogP contribution in [0, 0.1) is 0 Å². The van der Waals surface area contributed by atoms with Crippen molar-refractivity contribution in [2.75, 3.05) is 7.11 Å². The lowest BCUT2D eigenvalue weighted by molar-refractivity contribution is -0.136. The summed E-state index contributed by atoms with van der Waals surface area (Å²) in [6.45, 7) is -2.96. The Bertz CT molecular complexity index is 645. The van der Waals surface area contributed by atoms with Crippen LogP contribution in [0.5, 0.6) is 11.5 Å². The summed E-state index contributed by atoms with van der Waals surface area (Å²) in [6.07, 6.45) is -0.187. The van der Waals surface area contributed by atoms with E-state index in [0.717, 1.165) is 0 Å². The maximum absolute atomic E-state index is 12.4. The van der Waals surface area contributed by atoms with Crippen LogP contribution in [0.1, 0.15) is 5.69 Å². The number of nitrogens with zero attached hydrogens (tertiary/aromatic N) is 1. The first kappa shape index (κ1) is 15.2. The lowest BCUT2D eigenvalue weighted by Crippen LogP contribution is -2.03. The minimum absolute atomic E-state index is 0.0972. The number of alkyl halides is 2. The Morgan fingerprint density at radius 1 is 1.43 bits per heavy atom. The summed E-state index contributed by atoms with van der Waals surface area (Å²) in [7, 11) is 1.35. The van der Waals surface area contributed by atoms with E-state index in [4.69, 9.17) is 9.84 Å². The molecule has 8 heteroatoms. The van der Waals surface area contributed by atoms with Crippen LogP contribution >= 0.6 is 11.3 Å². The molecule has 2 rings (SSSR count). The summed E-state index contributed by atoms with van der Waals surface area (Å²) in [5.74, 6) is -0.898. The van der Waals surface area contributed by atoms with Gasteiger partial charge in [-0.3, -0.25) is 4.79 Å². The van der Waals surface area contributed by atoms with Gasteiger partial charge in [0.25, 0.3) is 0 Å². The SMILES string of the molecule is COc1ccc(-c2nc(CC(=O)O)cs2)cc1OC(F)F. The van der Waals surface area contributed by atoms with E-state index in [9.17, 15) is 13.6 Å². The molecule has 2 aromatic rings. The Labute approximate surface area is 122 Å². The molecule has 21 heavy (non-hydrogen) atoms. The summed E-state index contributed by atoms with van der Waals surface area (Å²) in [6, 6.07) is 4.51. The third-order valence-corrected chi connectivity index (χ3v) is 3.45. The first-order chi connectivity index (χ1) is 9.99. The number of hydrogen-bond acceptors (Lipinski definition) is 5. The number of carbonyl (C=O) groups is 1. The van der Waals surface area contributed by atoms with Gasteiger partial charge in [-0.15, -0.1) is 11.3 Å². The maximum atomic E-state index is 12.4. The first-order valence-electron chi connectivity index (χ1n) is 5.79. The summed E-state index contributed by atoms with van der Waals surface area (Å²) in [5.41, 5.74) is 0.961. The molecule has 0 unspecified atom stereocenters. The van der Waals surface area contributed by atoms with E-state index < -0.39 is 12.6 Å². The smallest absolute Gasteiger partial charge is 0.387 e. The van der Waals surface area contributed by atoms with Crippen LogP contribution < -0.4 is 9.47 Å². The molecule has 112 valence electrons. The molecular formula is C13H11F2NO4S. The molecule has 0 saturated carbocycles. The zero-order valence-electron chi connectivity index (χ0n) is 10.9. The number of rotatable bonds is 6. The Balaban J connectivity index is 2.31. The summed E-state index contributed by atoms with van der Waals surface area (Å²) >= 11 is 1.23. The van der Waals surface area contributed by atoms with Crippen molar-refractivity contribution in [2.45, 2.75) is 13.0 Å². The van der Waals surface area contributed by atoms with Gasteiger partial charge >= 0.3 is 12.6 Å². The zero-order valence-corrected chi connectivity index (χ0v) is 11.7. The average molecular weight is 315 g/mol. The van der Waals surface area contributed by atoms with E-state index in [1.807, 2.05) is 0 Å². The molecule has 0 fully saturated rings. The minimum Gasteiger partial charge on any atom is -0.493 e. The summed E-state index contributed by atoms with van der Waals surface area (Å²) in [4.78, 5) is 14.8. The van der Waals surface area contributed by atoms with Crippen LogP contribution in [0.4, 0.5) is 8.78 Å². The molecule has 1 aromatic carbocycles. The standard InChI is InChI=1S/C13H11F2NO4S/c1-19-9-3-2-7(4-10(9)20-13(14)15)12-16-8(6-21-12)5-11(17)18/h2-4,6,13H,5H2,1H3,(H,17,18). The van der Waals surface area contributed by atoms with Gasteiger partial charge in [-0.05, 0) is 18.2 Å². The molecule has 0 aliphatic carbocycles. The van der Waals surface area contributed by atoms with E-state index in [0.29, 0.717) is 16.3 Å². The molecule has 5 nitrogen and oxygen atoms in total. The van der Waals surface area contributed by atoms with Crippen molar-refractivity contribution in [1.82, 2.24) is 4.98 Å². The maximum Gasteiger partial charge on any atom is 0.387 e. The van der Waals surface area contributed by atoms with Crippen LogP contribution in [0.2, 0.25) is 0 Å². The lowest BCUT2D eigenvalue weighted by Gasteiger charge is -2.10. The van der Waals surface area contributed by atoms with Crippen molar-refractivity contribution in [3.8, 4) is 22.1 Å². The number of aliphatic carboxylic acids is 1. The fraction of sp³-hybridized carbons (Fsp3) is 0.231. The van der Waals surface area contributed by atoms with Gasteiger partial charge < -0.3 is 14.6 Å². The Morgan fingerprint density at radius 2 is 2.19 bits per heavy atom. The van der Waals surface area contributed by atoms with Gasteiger partial charge in [0.1, 0.15) is 5.01 Å². The van der Waals surface area contributed by atoms with Crippen LogP contribution in [-0.2, 0) is 11.2 Å². The van der Waals surface area contributed by atoms with Crippen LogP contribution in [-0.4, -0.2) is 29.8 Å². The molecule has 0 atom stereocenters. The molecule has 1 heterocycles. The van der Waals surface area contributed by atoms with Crippen LogP contribution in [0.3, 0.4) is 0 Å². The second kappa shape index (κ2) is 6.49. The van der Waals surface area contributed by atoms with Gasteiger partial charge in [0.05, 0.1) is 19.2 Å². The Hall–Kier alpha value is -2.22. The van der Waals surface area contributed by atoms with Gasteiger partial charge in [0, 0.05) is 10.9 Å². The number of carboxylic acid groups (broad SMARTS) is 1. The predicted molar refractivity (Wildman–Crippen MR) is 72.1 cm³/mol. The van der Waals surface area contributed by atoms with Crippen LogP contribution in [0.15, 0.2) is 23.6 Å². The minimum atomic E-state index is -2.96. The number of hydrogen-bond donors (Lipinski definition) is 1. The molecule has 0 bridgehead atoms. The number of benzene rings is 1. The van der Waals surface area contributed by atoms with Crippen molar-refractivity contribution in [2.24, 2.45) is 0 Å². The van der Waals surface area contributed by atoms with E-state index in [-0.39, 0.29) is 17.9 Å². The highest BCUT2D eigenvalue weighted by molar-refractivity contribution is 7.13. The molecule has 0 radical (unpaired) electrons.